The van der Waals surface area contributed by atoms with Gasteiger partial charge in [0.25, 0.3) is 0 Å². The average Bonchev–Trinajstić information content (AvgIpc) is 3.95. The molecule has 11 N–H and O–H groups in total. The molecule has 1 unspecified atom stereocenters. The van der Waals surface area contributed by atoms with E-state index in [1.165, 1.54) is 74.2 Å². The Labute approximate surface area is 415 Å². The number of imidazole rings is 1. The van der Waals surface area contributed by atoms with E-state index < -0.39 is 72.9 Å². The molecular weight excluding hydrogens is 925 g/mol. The summed E-state index contributed by atoms with van der Waals surface area (Å²) in [6.07, 6.45) is 12.4. The SMILES string of the molecule is C[S+](CC[C@H](N)C(=O)[O-])C[C@H]1O[C@@H](n2cnc3c(N)ncnc32)[C@H](O)[C@@H]1O.Cc1c(C)c2c(c(C)c1O)CC[C@@](C)(CCC[C@H](C)CCC[C@H](C)CCCC(C)C)O2.O=C1O[C@H]([C@@H](O)CO)C(O)=C1O. The molecule has 0 aliphatic carbocycles. The Kier molecular flexibility index (Phi) is 21.9. The molecule has 3 aliphatic rings. The van der Waals surface area contributed by atoms with Crippen LogP contribution in [0.25, 0.3) is 11.2 Å². The van der Waals surface area contributed by atoms with Crippen LogP contribution in [-0.2, 0) is 36.4 Å². The number of cyclic esters (lactones) is 1. The van der Waals surface area contributed by atoms with Crippen molar-refractivity contribution in [1.29, 1.82) is 0 Å². The Morgan fingerprint density at radius 1 is 0.943 bits per heavy atom. The fourth-order valence-corrected chi connectivity index (χ4v) is 10.7. The maximum atomic E-state index is 10.7. The van der Waals surface area contributed by atoms with Crippen LogP contribution in [0.5, 0.6) is 11.5 Å². The van der Waals surface area contributed by atoms with Crippen molar-refractivity contribution in [1.82, 2.24) is 19.5 Å². The van der Waals surface area contributed by atoms with Gasteiger partial charge in [-0.05, 0) is 98.7 Å². The van der Waals surface area contributed by atoms with Crippen LogP contribution in [0.1, 0.15) is 134 Å². The summed E-state index contributed by atoms with van der Waals surface area (Å²) in [5.74, 6) is 1.20. The Balaban J connectivity index is 0.000000248. The summed E-state index contributed by atoms with van der Waals surface area (Å²) in [6.45, 7) is 17.3. The number of nitrogens with two attached hydrogens (primary N) is 2. The molecule has 1 aromatic carbocycles. The number of nitrogen functional groups attached to an aromatic ring is 1. The maximum absolute atomic E-state index is 10.7. The van der Waals surface area contributed by atoms with E-state index in [1.807, 2.05) is 20.1 Å². The Morgan fingerprint density at radius 3 is 2.16 bits per heavy atom. The second kappa shape index (κ2) is 26.3. The normalized spacial score (nSPS) is 24.2. The number of hydrogen-bond acceptors (Lipinski definition) is 18. The van der Waals surface area contributed by atoms with E-state index >= 15 is 0 Å². The molecule has 3 aromatic rings. The number of carboxylic acids is 1. The summed E-state index contributed by atoms with van der Waals surface area (Å²) in [4.78, 5) is 33.4. The van der Waals surface area contributed by atoms with E-state index in [9.17, 15) is 30.0 Å². The van der Waals surface area contributed by atoms with E-state index in [0.717, 1.165) is 59.5 Å². The van der Waals surface area contributed by atoms with Crippen LogP contribution < -0.4 is 21.3 Å². The van der Waals surface area contributed by atoms with Crippen LogP contribution >= 0.6 is 0 Å². The molecule has 20 heteroatoms. The highest BCUT2D eigenvalue weighted by atomic mass is 32.2. The molecule has 6 rings (SSSR count). The van der Waals surface area contributed by atoms with Gasteiger partial charge >= 0.3 is 5.97 Å². The highest BCUT2D eigenvalue weighted by Gasteiger charge is 2.47. The highest BCUT2D eigenvalue weighted by molar-refractivity contribution is 7.96. The van der Waals surface area contributed by atoms with E-state index in [4.69, 9.17) is 41.4 Å². The number of anilines is 1. The van der Waals surface area contributed by atoms with Crippen molar-refractivity contribution in [3.8, 4) is 11.5 Å². The zero-order valence-electron chi connectivity index (χ0n) is 42.5. The predicted molar refractivity (Wildman–Crippen MR) is 266 cm³/mol. The number of aliphatic carboxylic acids is 1. The zero-order valence-corrected chi connectivity index (χ0v) is 43.3. The van der Waals surface area contributed by atoms with Crippen molar-refractivity contribution in [2.75, 3.05) is 30.1 Å². The van der Waals surface area contributed by atoms with Crippen LogP contribution in [0.2, 0.25) is 0 Å². The maximum Gasteiger partial charge on any atom is 0.377 e. The number of aromatic nitrogens is 4. The van der Waals surface area contributed by atoms with Gasteiger partial charge in [-0.1, -0.05) is 72.6 Å². The number of aliphatic hydroxyl groups is 6. The topological polar surface area (TPSA) is 322 Å². The summed E-state index contributed by atoms with van der Waals surface area (Å²) >= 11 is 0. The fraction of sp³-hybridized carbons (Fsp3) is 0.700. The molecule has 1 saturated heterocycles. The molecule has 0 spiro atoms. The third-order valence-corrected chi connectivity index (χ3v) is 15.7. The summed E-state index contributed by atoms with van der Waals surface area (Å²) in [5.41, 5.74) is 16.2. The van der Waals surface area contributed by atoms with Gasteiger partial charge in [0.15, 0.2) is 29.6 Å². The summed E-state index contributed by atoms with van der Waals surface area (Å²) < 4.78 is 18.3. The summed E-state index contributed by atoms with van der Waals surface area (Å²) in [5, 5.41) is 76.9. The van der Waals surface area contributed by atoms with E-state index in [2.05, 4.69) is 61.2 Å². The number of carbonyl (C=O) groups excluding carboxylic acids is 2. The van der Waals surface area contributed by atoms with E-state index in [-0.39, 0.29) is 28.7 Å². The molecule has 70 heavy (non-hydrogen) atoms. The number of aromatic hydroxyl groups is 1. The highest BCUT2D eigenvalue weighted by Crippen LogP contribution is 2.44. The Bertz CT molecular complexity index is 2230. The van der Waals surface area contributed by atoms with Crippen molar-refractivity contribution in [2.24, 2.45) is 23.5 Å². The number of benzene rings is 1. The van der Waals surface area contributed by atoms with E-state index in [0.29, 0.717) is 28.4 Å². The molecule has 19 nitrogen and oxygen atoms in total. The lowest BCUT2D eigenvalue weighted by Gasteiger charge is -2.38. The second-order valence-corrected chi connectivity index (χ2v) is 22.6. The van der Waals surface area contributed by atoms with Crippen LogP contribution in [0.3, 0.4) is 0 Å². The van der Waals surface area contributed by atoms with Gasteiger partial charge < -0.3 is 71.3 Å². The molecule has 0 radical (unpaired) electrons. The van der Waals surface area contributed by atoms with Crippen molar-refractivity contribution < 1.29 is 64.7 Å². The number of phenols is 1. The van der Waals surface area contributed by atoms with Gasteiger partial charge in [-0.25, -0.2) is 19.7 Å². The van der Waals surface area contributed by atoms with Crippen molar-refractivity contribution >= 4 is 39.8 Å². The van der Waals surface area contributed by atoms with Gasteiger partial charge in [-0.15, -0.1) is 0 Å². The minimum atomic E-state index is -1.42. The van der Waals surface area contributed by atoms with Crippen LogP contribution in [0, 0.1) is 38.5 Å². The largest absolute Gasteiger partial charge is 0.548 e. The molecule has 0 bridgehead atoms. The lowest BCUT2D eigenvalue weighted by atomic mass is 9.84. The number of carboxylic acid groups (broad SMARTS) is 1. The number of nitrogens with zero attached hydrogens (tertiary/aromatic N) is 4. The van der Waals surface area contributed by atoms with Gasteiger partial charge in [-0.2, -0.15) is 0 Å². The van der Waals surface area contributed by atoms with Crippen molar-refractivity contribution in [2.45, 2.75) is 181 Å². The molecule has 2 aromatic heterocycles. The van der Waals surface area contributed by atoms with Gasteiger partial charge in [0.05, 0.1) is 25.2 Å². The second-order valence-electron chi connectivity index (χ2n) is 20.2. The third kappa shape index (κ3) is 15.3. The first kappa shape index (κ1) is 58.1. The van der Waals surface area contributed by atoms with Crippen LogP contribution in [0.15, 0.2) is 24.2 Å². The number of phenolic OH excluding ortho intramolecular Hbond substituents is 1. The number of aliphatic hydroxyl groups excluding tert-OH is 6. The minimum Gasteiger partial charge on any atom is -0.548 e. The number of fused-ring (bicyclic) bond motifs is 2. The first-order valence-electron chi connectivity index (χ1n) is 24.5. The Hall–Kier alpha value is -4.44. The molecule has 5 heterocycles. The predicted octanol–water partition coefficient (Wildman–Crippen LogP) is 4.18. The quantitative estimate of drug-likeness (QED) is 0.0534. The molecule has 394 valence electrons. The Morgan fingerprint density at radius 2 is 1.57 bits per heavy atom. The number of rotatable bonds is 21. The lowest BCUT2D eigenvalue weighted by molar-refractivity contribution is -0.307. The molecule has 0 amide bonds. The monoisotopic (exact) mass is 1000 g/mol. The third-order valence-electron chi connectivity index (χ3n) is 13.9. The minimum absolute atomic E-state index is 0.0712. The molecule has 11 atom stereocenters. The molecule has 1 fully saturated rings. The fourth-order valence-electron chi connectivity index (χ4n) is 9.06. The van der Waals surface area contributed by atoms with Gasteiger partial charge in [0, 0.05) is 18.0 Å². The van der Waals surface area contributed by atoms with Crippen molar-refractivity contribution in [3.63, 3.8) is 0 Å². The molecule has 3 aliphatic heterocycles. The number of esters is 1. The number of hydrogen-bond donors (Lipinski definition) is 9. The van der Waals surface area contributed by atoms with Crippen molar-refractivity contribution in [3.05, 3.63) is 46.4 Å². The molecular formula is C50H80N6O13S. The summed E-state index contributed by atoms with van der Waals surface area (Å²) in [6, 6.07) is -1.02. The average molecular weight is 1010 g/mol. The van der Waals surface area contributed by atoms with Gasteiger partial charge in [0.1, 0.15) is 64.9 Å². The van der Waals surface area contributed by atoms with Crippen LogP contribution in [-0.4, -0.2) is 134 Å². The number of ether oxygens (including phenoxy) is 3. The number of carbonyl (C=O) groups is 2. The van der Waals surface area contributed by atoms with Gasteiger partial charge in [-0.3, -0.25) is 4.57 Å². The summed E-state index contributed by atoms with van der Waals surface area (Å²) in [7, 11) is -0.263. The van der Waals surface area contributed by atoms with Crippen LogP contribution in [0.4, 0.5) is 5.82 Å². The standard InChI is InChI=1S/C29H50O2.C15H22N6O5S.C6H8O6/c1-20(2)12-9-13-21(3)14-10-15-22(4)16-11-18-29(8)19-17-26-25(7)27(30)23(5)24(6)28(26)31-29;1-27(3-2-7(16)15(24)25)4-8-10(22)11(23)14(26-8)21-6-20-9-12(17)18-5-19-13(9)21;7-1-2(8)5-3(9)4(10)6(11)12-5/h20-22,30H,9-19H2,1-8H3;5-8,10-11,14,22-23H,2-4,16H2,1H3,(H2-,17,18,19,24,25);2,5,7-10H,1H2/t21-,22-,29-;7-,8+,10+,11+,14+,27?;2-,5+/m100/s1. The molecule has 0 saturated carbocycles. The van der Waals surface area contributed by atoms with E-state index in [1.54, 1.807) is 0 Å². The lowest BCUT2D eigenvalue weighted by Crippen LogP contribution is -2.43. The zero-order chi connectivity index (χ0) is 52.2. The van der Waals surface area contributed by atoms with Gasteiger partial charge in [0.2, 0.25) is 5.76 Å². The smallest absolute Gasteiger partial charge is 0.377 e. The first-order chi connectivity index (χ1) is 32.9. The first-order valence-corrected chi connectivity index (χ1v) is 26.5.